The number of aliphatic hydroxyl groups excluding tert-OH is 1. The zero-order valence-electron chi connectivity index (χ0n) is 8.14. The number of nitrogens with zero attached hydrogens (tertiary/aromatic N) is 3. The highest BCUT2D eigenvalue weighted by Crippen LogP contribution is 2.20. The zero-order valence-corrected chi connectivity index (χ0v) is 11.1. The predicted molar refractivity (Wildman–Crippen MR) is 70.3 cm³/mol. The minimum atomic E-state index is 0.156. The maximum absolute atomic E-state index is 9.27. The Morgan fingerprint density at radius 2 is 2.27 bits per heavy atom. The predicted octanol–water partition coefficient (Wildman–Crippen LogP) is 0.995. The van der Waals surface area contributed by atoms with Crippen LogP contribution in [-0.4, -0.2) is 45.8 Å². The van der Waals surface area contributed by atoms with Gasteiger partial charge in [0, 0.05) is 34.0 Å². The van der Waals surface area contributed by atoms with Crippen molar-refractivity contribution >= 4 is 40.3 Å². The van der Waals surface area contributed by atoms with E-state index in [9.17, 15) is 5.11 Å². The molecule has 0 bridgehead atoms. The molecule has 1 aromatic heterocycles. The first kappa shape index (κ1) is 11.4. The second-order valence-corrected chi connectivity index (χ2v) is 5.70. The Labute approximate surface area is 107 Å². The van der Waals surface area contributed by atoms with Crippen LogP contribution in [0.5, 0.6) is 0 Å². The van der Waals surface area contributed by atoms with E-state index in [2.05, 4.69) is 37.5 Å². The molecule has 1 fully saturated rings. The van der Waals surface area contributed by atoms with Gasteiger partial charge in [-0.25, -0.2) is 9.97 Å². The Balaban J connectivity index is 2.16. The van der Waals surface area contributed by atoms with Crippen LogP contribution in [0.2, 0.25) is 0 Å². The standard InChI is InChI=1S/C9H12IN3OS/c10-7-3-11-9(12-4-7)13-1-2-15-6-8(13)5-14/h3-4,8,14H,1-2,5-6H2. The summed E-state index contributed by atoms with van der Waals surface area (Å²) in [6, 6.07) is 0.156. The van der Waals surface area contributed by atoms with Gasteiger partial charge in [-0.05, 0) is 22.6 Å². The van der Waals surface area contributed by atoms with Crippen LogP contribution in [0.3, 0.4) is 0 Å². The average Bonchev–Trinajstić information content (AvgIpc) is 2.30. The number of anilines is 1. The molecule has 0 aliphatic carbocycles. The fraction of sp³-hybridized carbons (Fsp3) is 0.556. The molecule has 15 heavy (non-hydrogen) atoms. The third-order valence-corrected chi connectivity index (χ3v) is 3.95. The Morgan fingerprint density at radius 1 is 1.53 bits per heavy atom. The topological polar surface area (TPSA) is 49.2 Å². The van der Waals surface area contributed by atoms with E-state index in [0.29, 0.717) is 0 Å². The molecule has 1 aromatic rings. The largest absolute Gasteiger partial charge is 0.394 e. The third-order valence-electron chi connectivity index (χ3n) is 2.30. The molecule has 1 unspecified atom stereocenters. The van der Waals surface area contributed by atoms with Crippen molar-refractivity contribution < 1.29 is 5.11 Å². The Kier molecular flexibility index (Phi) is 4.04. The summed E-state index contributed by atoms with van der Waals surface area (Å²) >= 11 is 4.06. The van der Waals surface area contributed by atoms with Crippen LogP contribution in [0.1, 0.15) is 0 Å². The molecule has 0 radical (unpaired) electrons. The van der Waals surface area contributed by atoms with Crippen molar-refractivity contribution in [2.75, 3.05) is 29.6 Å². The number of thioether (sulfide) groups is 1. The van der Waals surface area contributed by atoms with Crippen LogP contribution >= 0.6 is 34.4 Å². The first-order valence-electron chi connectivity index (χ1n) is 4.74. The number of halogens is 1. The molecular weight excluding hydrogens is 325 g/mol. The number of aliphatic hydroxyl groups is 1. The molecule has 6 heteroatoms. The van der Waals surface area contributed by atoms with Crippen molar-refractivity contribution in [3.8, 4) is 0 Å². The maximum atomic E-state index is 9.27. The maximum Gasteiger partial charge on any atom is 0.225 e. The van der Waals surface area contributed by atoms with Gasteiger partial charge < -0.3 is 10.0 Å². The second kappa shape index (κ2) is 5.31. The van der Waals surface area contributed by atoms with Crippen LogP contribution in [-0.2, 0) is 0 Å². The van der Waals surface area contributed by atoms with Gasteiger partial charge in [0.05, 0.1) is 12.6 Å². The fourth-order valence-corrected chi connectivity index (χ4v) is 2.85. The van der Waals surface area contributed by atoms with Crippen molar-refractivity contribution in [3.63, 3.8) is 0 Å². The Morgan fingerprint density at radius 3 is 2.93 bits per heavy atom. The van der Waals surface area contributed by atoms with Crippen LogP contribution in [0.25, 0.3) is 0 Å². The molecule has 1 atom stereocenters. The van der Waals surface area contributed by atoms with Gasteiger partial charge in [-0.1, -0.05) is 0 Å². The van der Waals surface area contributed by atoms with Gasteiger partial charge in [0.25, 0.3) is 0 Å². The van der Waals surface area contributed by atoms with Crippen LogP contribution in [0.15, 0.2) is 12.4 Å². The normalized spacial score (nSPS) is 21.7. The highest BCUT2D eigenvalue weighted by molar-refractivity contribution is 14.1. The molecule has 82 valence electrons. The lowest BCUT2D eigenvalue weighted by Gasteiger charge is -2.34. The molecule has 0 aromatic carbocycles. The molecule has 1 saturated heterocycles. The number of hydrogen-bond donors (Lipinski definition) is 1. The molecule has 2 rings (SSSR count). The molecule has 1 N–H and O–H groups in total. The molecule has 0 amide bonds. The summed E-state index contributed by atoms with van der Waals surface area (Å²) in [6.07, 6.45) is 3.61. The van der Waals surface area contributed by atoms with Gasteiger partial charge in [0.15, 0.2) is 0 Å². The van der Waals surface area contributed by atoms with Crippen molar-refractivity contribution in [1.29, 1.82) is 0 Å². The zero-order chi connectivity index (χ0) is 10.7. The van der Waals surface area contributed by atoms with Crippen molar-refractivity contribution in [3.05, 3.63) is 16.0 Å². The summed E-state index contributed by atoms with van der Waals surface area (Å²) in [7, 11) is 0. The molecule has 1 aliphatic rings. The summed E-state index contributed by atoms with van der Waals surface area (Å²) in [6.45, 7) is 1.08. The summed E-state index contributed by atoms with van der Waals surface area (Å²) in [5, 5.41) is 9.27. The number of rotatable bonds is 2. The van der Waals surface area contributed by atoms with Crippen molar-refractivity contribution in [2.45, 2.75) is 6.04 Å². The lowest BCUT2D eigenvalue weighted by molar-refractivity contribution is 0.267. The molecule has 4 nitrogen and oxygen atoms in total. The minimum Gasteiger partial charge on any atom is -0.394 e. The van der Waals surface area contributed by atoms with Gasteiger partial charge in [0.2, 0.25) is 5.95 Å². The van der Waals surface area contributed by atoms with Crippen LogP contribution in [0.4, 0.5) is 5.95 Å². The average molecular weight is 337 g/mol. The smallest absolute Gasteiger partial charge is 0.225 e. The first-order valence-corrected chi connectivity index (χ1v) is 6.97. The van der Waals surface area contributed by atoms with E-state index in [1.54, 1.807) is 12.4 Å². The van der Waals surface area contributed by atoms with E-state index in [1.807, 2.05) is 11.8 Å². The van der Waals surface area contributed by atoms with E-state index in [4.69, 9.17) is 0 Å². The highest BCUT2D eigenvalue weighted by atomic mass is 127. The van der Waals surface area contributed by atoms with Gasteiger partial charge >= 0.3 is 0 Å². The van der Waals surface area contributed by atoms with Crippen LogP contribution in [0, 0.1) is 3.57 Å². The summed E-state index contributed by atoms with van der Waals surface area (Å²) in [5.74, 6) is 2.76. The van der Waals surface area contributed by atoms with E-state index < -0.39 is 0 Å². The fourth-order valence-electron chi connectivity index (χ4n) is 1.52. The molecule has 0 spiro atoms. The van der Waals surface area contributed by atoms with Crippen molar-refractivity contribution in [2.24, 2.45) is 0 Å². The Bertz CT molecular complexity index is 322. The number of aromatic nitrogens is 2. The second-order valence-electron chi connectivity index (χ2n) is 3.31. The third kappa shape index (κ3) is 2.73. The Hall–Kier alpha value is -0.0800. The van der Waals surface area contributed by atoms with Gasteiger partial charge in [-0.2, -0.15) is 11.8 Å². The van der Waals surface area contributed by atoms with E-state index >= 15 is 0 Å². The lowest BCUT2D eigenvalue weighted by Crippen LogP contribution is -2.45. The minimum absolute atomic E-state index is 0.156. The van der Waals surface area contributed by atoms with E-state index in [1.165, 1.54) is 0 Å². The molecule has 2 heterocycles. The molecule has 0 saturated carbocycles. The van der Waals surface area contributed by atoms with E-state index in [0.717, 1.165) is 27.6 Å². The highest BCUT2D eigenvalue weighted by Gasteiger charge is 2.23. The van der Waals surface area contributed by atoms with E-state index in [-0.39, 0.29) is 12.6 Å². The van der Waals surface area contributed by atoms with Gasteiger partial charge in [0.1, 0.15) is 0 Å². The van der Waals surface area contributed by atoms with Gasteiger partial charge in [-0.3, -0.25) is 0 Å². The SMILES string of the molecule is OCC1CSCCN1c1ncc(I)cn1. The number of hydrogen-bond acceptors (Lipinski definition) is 5. The van der Waals surface area contributed by atoms with Gasteiger partial charge in [-0.15, -0.1) is 0 Å². The van der Waals surface area contributed by atoms with Crippen molar-refractivity contribution in [1.82, 2.24) is 9.97 Å². The summed E-state index contributed by atoms with van der Waals surface area (Å²) in [4.78, 5) is 10.7. The quantitative estimate of drug-likeness (QED) is 0.816. The summed E-state index contributed by atoms with van der Waals surface area (Å²) < 4.78 is 1.03. The monoisotopic (exact) mass is 337 g/mol. The molecular formula is C9H12IN3OS. The molecule has 1 aliphatic heterocycles. The lowest BCUT2D eigenvalue weighted by atomic mass is 10.3. The summed E-state index contributed by atoms with van der Waals surface area (Å²) in [5.41, 5.74) is 0. The van der Waals surface area contributed by atoms with Crippen LogP contribution < -0.4 is 4.90 Å². The first-order chi connectivity index (χ1) is 7.31.